The van der Waals surface area contributed by atoms with Gasteiger partial charge in [0.25, 0.3) is 5.69 Å². The molecular weight excluding hydrogens is 283 g/mol. The third-order valence-electron chi connectivity index (χ3n) is 3.01. The third kappa shape index (κ3) is 3.05. The van der Waals surface area contributed by atoms with Gasteiger partial charge in [-0.1, -0.05) is 23.7 Å². The summed E-state index contributed by atoms with van der Waals surface area (Å²) >= 11 is 5.67. The fourth-order valence-electron chi connectivity index (χ4n) is 1.88. The average Bonchev–Trinajstić information content (AvgIpc) is 2.39. The summed E-state index contributed by atoms with van der Waals surface area (Å²) in [6, 6.07) is 9.15. The number of hydrogen-bond donors (Lipinski definition) is 1. The fraction of sp³-hybridized carbons (Fsp3) is 0.143. The van der Waals surface area contributed by atoms with E-state index in [-0.39, 0.29) is 5.69 Å². The zero-order valence-corrected chi connectivity index (χ0v) is 11.4. The maximum absolute atomic E-state index is 13.6. The summed E-state index contributed by atoms with van der Waals surface area (Å²) in [6.07, 6.45) is 0. The molecule has 0 heterocycles. The van der Waals surface area contributed by atoms with E-state index in [1.54, 1.807) is 25.1 Å². The Hall–Kier alpha value is -2.14. The topological polar surface area (TPSA) is 55.2 Å². The van der Waals surface area contributed by atoms with Gasteiger partial charge in [0, 0.05) is 23.2 Å². The van der Waals surface area contributed by atoms with Gasteiger partial charge in [-0.3, -0.25) is 10.1 Å². The molecule has 20 heavy (non-hydrogen) atoms. The van der Waals surface area contributed by atoms with Crippen LogP contribution in [0.4, 0.5) is 15.8 Å². The van der Waals surface area contributed by atoms with E-state index >= 15 is 0 Å². The van der Waals surface area contributed by atoms with Crippen molar-refractivity contribution in [1.82, 2.24) is 0 Å². The molecule has 2 aromatic rings. The number of nitrogens with one attached hydrogen (secondary N) is 1. The Labute approximate surface area is 120 Å². The molecule has 0 aliphatic carbocycles. The highest BCUT2D eigenvalue weighted by Gasteiger charge is 2.13. The maximum Gasteiger partial charge on any atom is 0.272 e. The predicted molar refractivity (Wildman–Crippen MR) is 76.6 cm³/mol. The fourth-order valence-corrected chi connectivity index (χ4v) is 2.04. The van der Waals surface area contributed by atoms with Crippen molar-refractivity contribution in [3.63, 3.8) is 0 Å². The Morgan fingerprint density at radius 3 is 2.75 bits per heavy atom. The number of anilines is 1. The molecule has 104 valence electrons. The van der Waals surface area contributed by atoms with Gasteiger partial charge in [0.2, 0.25) is 0 Å². The normalized spacial score (nSPS) is 10.3. The molecule has 4 nitrogen and oxygen atoms in total. The van der Waals surface area contributed by atoms with Gasteiger partial charge in [0.1, 0.15) is 5.82 Å². The molecule has 1 N–H and O–H groups in total. The largest absolute Gasteiger partial charge is 0.379 e. The lowest BCUT2D eigenvalue weighted by Crippen LogP contribution is -2.04. The van der Waals surface area contributed by atoms with Crippen LogP contribution in [0.3, 0.4) is 0 Å². The van der Waals surface area contributed by atoms with E-state index in [0.29, 0.717) is 22.8 Å². The molecule has 2 rings (SSSR count). The molecule has 0 aliphatic heterocycles. The number of hydrogen-bond acceptors (Lipinski definition) is 3. The molecule has 2 aromatic carbocycles. The second kappa shape index (κ2) is 5.88. The van der Waals surface area contributed by atoms with Crippen LogP contribution in [0, 0.1) is 22.9 Å². The molecule has 0 fully saturated rings. The maximum atomic E-state index is 13.6. The Balaban J connectivity index is 2.19. The van der Waals surface area contributed by atoms with Crippen LogP contribution >= 0.6 is 11.6 Å². The third-order valence-corrected chi connectivity index (χ3v) is 3.25. The Bertz CT molecular complexity index is 662. The molecule has 0 saturated heterocycles. The molecule has 0 atom stereocenters. The van der Waals surface area contributed by atoms with Crippen molar-refractivity contribution in [2.45, 2.75) is 13.5 Å². The number of nitro benzene ring substituents is 1. The first kappa shape index (κ1) is 14.3. The summed E-state index contributed by atoms with van der Waals surface area (Å²) in [5.41, 5.74) is 1.68. The SMILES string of the molecule is Cc1c(CNc2ccc(Cl)cc2F)cccc1[N+](=O)[O-]. The lowest BCUT2D eigenvalue weighted by Gasteiger charge is -2.10. The van der Waals surface area contributed by atoms with Crippen LogP contribution < -0.4 is 5.32 Å². The summed E-state index contributed by atoms with van der Waals surface area (Å²) in [5.74, 6) is -0.458. The average molecular weight is 295 g/mol. The number of nitrogens with zero attached hydrogens (tertiary/aromatic N) is 1. The minimum atomic E-state index is -0.458. The minimum absolute atomic E-state index is 0.0564. The number of rotatable bonds is 4. The standard InChI is InChI=1S/C14H12ClFN2O2/c1-9-10(3-2-4-14(9)18(19)20)8-17-13-6-5-11(15)7-12(13)16/h2-7,17H,8H2,1H3. The number of benzene rings is 2. The van der Waals surface area contributed by atoms with Gasteiger partial charge in [0.15, 0.2) is 0 Å². The highest BCUT2D eigenvalue weighted by atomic mass is 35.5. The number of nitro groups is 1. The van der Waals surface area contributed by atoms with Crippen LogP contribution in [0.1, 0.15) is 11.1 Å². The van der Waals surface area contributed by atoms with E-state index in [1.807, 2.05) is 0 Å². The molecule has 0 bridgehead atoms. The zero-order valence-electron chi connectivity index (χ0n) is 10.7. The van der Waals surface area contributed by atoms with Crippen LogP contribution in [0.15, 0.2) is 36.4 Å². The lowest BCUT2D eigenvalue weighted by atomic mass is 10.1. The summed E-state index contributed by atoms with van der Waals surface area (Å²) < 4.78 is 13.6. The lowest BCUT2D eigenvalue weighted by molar-refractivity contribution is -0.385. The van der Waals surface area contributed by atoms with Gasteiger partial charge >= 0.3 is 0 Å². The smallest absolute Gasteiger partial charge is 0.272 e. The second-order valence-electron chi connectivity index (χ2n) is 4.30. The molecule has 0 aromatic heterocycles. The Kier molecular flexibility index (Phi) is 4.20. The summed E-state index contributed by atoms with van der Waals surface area (Å²) in [7, 11) is 0. The highest BCUT2D eigenvalue weighted by molar-refractivity contribution is 6.30. The Morgan fingerprint density at radius 2 is 2.10 bits per heavy atom. The molecule has 0 radical (unpaired) electrons. The first-order valence-corrected chi connectivity index (χ1v) is 6.28. The van der Waals surface area contributed by atoms with E-state index in [9.17, 15) is 14.5 Å². The molecule has 6 heteroatoms. The molecule has 0 aliphatic rings. The van der Waals surface area contributed by atoms with Gasteiger partial charge in [-0.15, -0.1) is 0 Å². The van der Waals surface area contributed by atoms with Gasteiger partial charge in [-0.2, -0.15) is 0 Å². The van der Waals surface area contributed by atoms with Crippen molar-refractivity contribution in [3.8, 4) is 0 Å². The van der Waals surface area contributed by atoms with Gasteiger partial charge < -0.3 is 5.32 Å². The monoisotopic (exact) mass is 294 g/mol. The van der Waals surface area contributed by atoms with E-state index in [2.05, 4.69) is 5.32 Å². The zero-order chi connectivity index (χ0) is 14.7. The van der Waals surface area contributed by atoms with Crippen molar-refractivity contribution in [2.24, 2.45) is 0 Å². The van der Waals surface area contributed by atoms with Crippen molar-refractivity contribution in [2.75, 3.05) is 5.32 Å². The quantitative estimate of drug-likeness (QED) is 0.675. The first-order chi connectivity index (χ1) is 9.49. The second-order valence-corrected chi connectivity index (χ2v) is 4.73. The molecule has 0 saturated carbocycles. The predicted octanol–water partition coefficient (Wildman–Crippen LogP) is 4.31. The molecule has 0 amide bonds. The van der Waals surface area contributed by atoms with Gasteiger partial charge in [-0.25, -0.2) is 4.39 Å². The minimum Gasteiger partial charge on any atom is -0.379 e. The van der Waals surface area contributed by atoms with E-state index in [1.165, 1.54) is 18.2 Å². The van der Waals surface area contributed by atoms with Crippen molar-refractivity contribution < 1.29 is 9.31 Å². The Morgan fingerprint density at radius 1 is 1.35 bits per heavy atom. The van der Waals surface area contributed by atoms with Gasteiger partial charge in [-0.05, 0) is 30.7 Å². The summed E-state index contributed by atoms with van der Waals surface area (Å²) in [6.45, 7) is 1.97. The number of halogens is 2. The highest BCUT2D eigenvalue weighted by Crippen LogP contribution is 2.23. The molecular formula is C14H12ClFN2O2. The van der Waals surface area contributed by atoms with E-state index < -0.39 is 10.7 Å². The van der Waals surface area contributed by atoms with Crippen LogP contribution in [0.5, 0.6) is 0 Å². The summed E-state index contributed by atoms with van der Waals surface area (Å²) in [5, 5.41) is 14.1. The van der Waals surface area contributed by atoms with Crippen molar-refractivity contribution in [3.05, 3.63) is 68.5 Å². The van der Waals surface area contributed by atoms with Crippen LogP contribution in [0.2, 0.25) is 5.02 Å². The van der Waals surface area contributed by atoms with Crippen LogP contribution in [-0.4, -0.2) is 4.92 Å². The van der Waals surface area contributed by atoms with Crippen LogP contribution in [-0.2, 0) is 6.54 Å². The van der Waals surface area contributed by atoms with Crippen molar-refractivity contribution >= 4 is 23.0 Å². The van der Waals surface area contributed by atoms with E-state index in [0.717, 1.165) is 5.56 Å². The first-order valence-electron chi connectivity index (χ1n) is 5.91. The van der Waals surface area contributed by atoms with Gasteiger partial charge in [0.05, 0.1) is 10.6 Å². The van der Waals surface area contributed by atoms with E-state index in [4.69, 9.17) is 11.6 Å². The molecule has 0 spiro atoms. The van der Waals surface area contributed by atoms with Crippen molar-refractivity contribution in [1.29, 1.82) is 0 Å². The molecule has 0 unspecified atom stereocenters. The van der Waals surface area contributed by atoms with Crippen LogP contribution in [0.25, 0.3) is 0 Å². The summed E-state index contributed by atoms with van der Waals surface area (Å²) in [4.78, 5) is 10.4.